The van der Waals surface area contributed by atoms with Gasteiger partial charge in [0.05, 0.1) is 5.56 Å². The molecule has 0 atom stereocenters. The van der Waals surface area contributed by atoms with E-state index in [1.54, 1.807) is 4.90 Å². The van der Waals surface area contributed by atoms with Gasteiger partial charge >= 0.3 is 6.18 Å². The maximum Gasteiger partial charge on any atom is 0.416 e. The number of aromatic nitrogens is 1. The van der Waals surface area contributed by atoms with Gasteiger partial charge in [-0.1, -0.05) is 12.6 Å². The molecule has 2 aromatic rings. The molecule has 1 aromatic carbocycles. The van der Waals surface area contributed by atoms with Gasteiger partial charge in [-0.05, 0) is 29.7 Å². The zero-order valence-electron chi connectivity index (χ0n) is 11.1. The fourth-order valence-corrected chi connectivity index (χ4v) is 2.53. The Bertz CT molecular complexity index is 711. The van der Waals surface area contributed by atoms with E-state index in [4.69, 9.17) is 0 Å². The summed E-state index contributed by atoms with van der Waals surface area (Å²) in [5, 5.41) is 0.742. The van der Waals surface area contributed by atoms with Crippen LogP contribution in [0.1, 0.15) is 17.2 Å². The molecule has 110 valence electrons. The fourth-order valence-electron chi connectivity index (χ4n) is 2.53. The summed E-state index contributed by atoms with van der Waals surface area (Å²) in [7, 11) is 0. The zero-order chi connectivity index (χ0) is 15.2. The molecule has 0 saturated carbocycles. The van der Waals surface area contributed by atoms with Crippen molar-refractivity contribution < 1.29 is 18.0 Å². The number of carbonyl (C=O) groups is 1. The number of fused-ring (bicyclic) bond motifs is 1. The number of rotatable bonds is 2. The molecule has 0 aliphatic carbocycles. The highest BCUT2D eigenvalue weighted by atomic mass is 19.4. The highest BCUT2D eigenvalue weighted by molar-refractivity contribution is 5.88. The summed E-state index contributed by atoms with van der Waals surface area (Å²) in [6, 6.07) is 5.50. The Morgan fingerprint density at radius 2 is 2.05 bits per heavy atom. The summed E-state index contributed by atoms with van der Waals surface area (Å²) in [5.41, 5.74) is 0.659. The van der Waals surface area contributed by atoms with Gasteiger partial charge in [0.2, 0.25) is 5.91 Å². The van der Waals surface area contributed by atoms with Crippen molar-refractivity contribution in [1.82, 2.24) is 9.88 Å². The number of aromatic amines is 1. The minimum absolute atomic E-state index is 0.123. The Morgan fingerprint density at radius 1 is 1.33 bits per heavy atom. The van der Waals surface area contributed by atoms with Crippen LogP contribution in [0.5, 0.6) is 0 Å². The number of amides is 1. The molecule has 2 heterocycles. The van der Waals surface area contributed by atoms with E-state index in [0.717, 1.165) is 23.2 Å². The number of benzene rings is 1. The molecule has 1 fully saturated rings. The van der Waals surface area contributed by atoms with Crippen molar-refractivity contribution in [2.45, 2.75) is 12.1 Å². The van der Waals surface area contributed by atoms with E-state index in [1.807, 2.05) is 6.07 Å². The summed E-state index contributed by atoms with van der Waals surface area (Å²) in [4.78, 5) is 16.0. The second kappa shape index (κ2) is 4.65. The molecule has 1 aliphatic heterocycles. The number of hydrogen-bond acceptors (Lipinski definition) is 1. The lowest BCUT2D eigenvalue weighted by atomic mass is 9.96. The van der Waals surface area contributed by atoms with Gasteiger partial charge in [0, 0.05) is 30.2 Å². The first-order chi connectivity index (χ1) is 9.88. The number of halogens is 3. The standard InChI is InChI=1S/C15H13F3N2O/c1-2-14(21)20-7-10(8-20)12-5-9-3-4-11(15(16,17)18)6-13(9)19-12/h2-6,10,19H,1,7-8H2. The van der Waals surface area contributed by atoms with Gasteiger partial charge in [-0.15, -0.1) is 0 Å². The summed E-state index contributed by atoms with van der Waals surface area (Å²) >= 11 is 0. The van der Waals surface area contributed by atoms with Crippen molar-refractivity contribution >= 4 is 16.8 Å². The highest BCUT2D eigenvalue weighted by Crippen LogP contribution is 2.33. The second-order valence-corrected chi connectivity index (χ2v) is 5.17. The number of nitrogens with zero attached hydrogens (tertiary/aromatic N) is 1. The normalized spacial score (nSPS) is 16.0. The topological polar surface area (TPSA) is 36.1 Å². The van der Waals surface area contributed by atoms with Crippen LogP contribution in [0.15, 0.2) is 36.9 Å². The first-order valence-electron chi connectivity index (χ1n) is 6.49. The molecule has 0 unspecified atom stereocenters. The summed E-state index contributed by atoms with van der Waals surface area (Å²) in [6.07, 6.45) is -3.08. The molecular formula is C15H13F3N2O. The van der Waals surface area contributed by atoms with Gasteiger partial charge in [0.1, 0.15) is 0 Å². The van der Waals surface area contributed by atoms with Gasteiger partial charge in [0.25, 0.3) is 0 Å². The smallest absolute Gasteiger partial charge is 0.358 e. The molecule has 0 spiro atoms. The van der Waals surface area contributed by atoms with Gasteiger partial charge < -0.3 is 9.88 Å². The monoisotopic (exact) mass is 294 g/mol. The lowest BCUT2D eigenvalue weighted by molar-refractivity contribution is -0.137. The average molecular weight is 294 g/mol. The van der Waals surface area contributed by atoms with Crippen molar-refractivity contribution in [3.63, 3.8) is 0 Å². The number of hydrogen-bond donors (Lipinski definition) is 1. The van der Waals surface area contributed by atoms with E-state index >= 15 is 0 Å². The Labute approximate surface area is 119 Å². The SMILES string of the molecule is C=CC(=O)N1CC(c2cc3ccc(C(F)(F)F)cc3[nH]2)C1. The third-order valence-corrected chi connectivity index (χ3v) is 3.78. The molecular weight excluding hydrogens is 281 g/mol. The van der Waals surface area contributed by atoms with Crippen LogP contribution in [0, 0.1) is 0 Å². The number of carbonyl (C=O) groups excluding carboxylic acids is 1. The van der Waals surface area contributed by atoms with Crippen LogP contribution in [-0.4, -0.2) is 28.9 Å². The minimum Gasteiger partial charge on any atom is -0.358 e. The number of alkyl halides is 3. The van der Waals surface area contributed by atoms with Gasteiger partial charge in [-0.2, -0.15) is 13.2 Å². The van der Waals surface area contributed by atoms with E-state index in [-0.39, 0.29) is 11.8 Å². The van der Waals surface area contributed by atoms with Crippen LogP contribution in [0.2, 0.25) is 0 Å². The third-order valence-electron chi connectivity index (χ3n) is 3.78. The third kappa shape index (κ3) is 2.41. The molecule has 3 rings (SSSR count). The molecule has 3 nitrogen and oxygen atoms in total. The van der Waals surface area contributed by atoms with Crippen LogP contribution in [0.4, 0.5) is 13.2 Å². The first kappa shape index (κ1) is 13.7. The molecule has 1 saturated heterocycles. The lowest BCUT2D eigenvalue weighted by Crippen LogP contribution is -2.47. The Kier molecular flexibility index (Phi) is 3.04. The average Bonchev–Trinajstić information content (AvgIpc) is 2.77. The predicted molar refractivity (Wildman–Crippen MR) is 72.8 cm³/mol. The van der Waals surface area contributed by atoms with Crippen molar-refractivity contribution in [3.05, 3.63) is 48.2 Å². The van der Waals surface area contributed by atoms with Crippen molar-refractivity contribution in [2.75, 3.05) is 13.1 Å². The van der Waals surface area contributed by atoms with E-state index in [2.05, 4.69) is 11.6 Å². The van der Waals surface area contributed by atoms with Crippen molar-refractivity contribution in [1.29, 1.82) is 0 Å². The summed E-state index contributed by atoms with van der Waals surface area (Å²) in [5.74, 6) is 0.0114. The van der Waals surface area contributed by atoms with E-state index < -0.39 is 11.7 Å². The maximum atomic E-state index is 12.7. The number of likely N-dealkylation sites (tertiary alicyclic amines) is 1. The van der Waals surface area contributed by atoms with Crippen LogP contribution in [-0.2, 0) is 11.0 Å². The first-order valence-corrected chi connectivity index (χ1v) is 6.49. The largest absolute Gasteiger partial charge is 0.416 e. The summed E-state index contributed by atoms with van der Waals surface area (Å²) < 4.78 is 38.0. The van der Waals surface area contributed by atoms with Crippen LogP contribution < -0.4 is 0 Å². The number of nitrogens with one attached hydrogen (secondary N) is 1. The van der Waals surface area contributed by atoms with Crippen molar-refractivity contribution in [3.8, 4) is 0 Å². The molecule has 0 bridgehead atoms. The Morgan fingerprint density at radius 3 is 2.67 bits per heavy atom. The Hall–Kier alpha value is -2.24. The van der Waals surface area contributed by atoms with Crippen LogP contribution in [0.25, 0.3) is 10.9 Å². The van der Waals surface area contributed by atoms with Gasteiger partial charge in [-0.25, -0.2) is 0 Å². The van der Waals surface area contributed by atoms with E-state index in [9.17, 15) is 18.0 Å². The molecule has 1 amide bonds. The van der Waals surface area contributed by atoms with E-state index in [0.29, 0.717) is 18.6 Å². The van der Waals surface area contributed by atoms with Crippen LogP contribution >= 0.6 is 0 Å². The Balaban J connectivity index is 1.83. The lowest BCUT2D eigenvalue weighted by Gasteiger charge is -2.38. The van der Waals surface area contributed by atoms with Gasteiger partial charge in [-0.3, -0.25) is 4.79 Å². The molecule has 1 aliphatic rings. The quantitative estimate of drug-likeness (QED) is 0.848. The molecule has 0 radical (unpaired) electrons. The van der Waals surface area contributed by atoms with Crippen LogP contribution in [0.3, 0.4) is 0 Å². The van der Waals surface area contributed by atoms with E-state index in [1.165, 1.54) is 12.1 Å². The highest BCUT2D eigenvalue weighted by Gasteiger charge is 2.33. The maximum absolute atomic E-state index is 12.7. The number of H-pyrrole nitrogens is 1. The molecule has 1 aromatic heterocycles. The second-order valence-electron chi connectivity index (χ2n) is 5.17. The fraction of sp³-hybridized carbons (Fsp3) is 0.267. The molecule has 1 N–H and O–H groups in total. The summed E-state index contributed by atoms with van der Waals surface area (Å²) in [6.45, 7) is 4.54. The predicted octanol–water partition coefficient (Wildman–Crippen LogP) is 3.30. The van der Waals surface area contributed by atoms with Gasteiger partial charge in [0.15, 0.2) is 0 Å². The molecule has 21 heavy (non-hydrogen) atoms. The zero-order valence-corrected chi connectivity index (χ0v) is 11.1. The molecule has 6 heteroatoms. The minimum atomic E-state index is -4.34. The van der Waals surface area contributed by atoms with Crippen molar-refractivity contribution in [2.24, 2.45) is 0 Å².